The number of rotatable bonds is 29. The predicted molar refractivity (Wildman–Crippen MR) is 265 cm³/mol. The summed E-state index contributed by atoms with van der Waals surface area (Å²) in [5.41, 5.74) is 2.57. The smallest absolute Gasteiger partial charge is 0.134 e. The van der Waals surface area contributed by atoms with E-state index in [-0.39, 0.29) is 99.0 Å². The van der Waals surface area contributed by atoms with E-state index in [4.69, 9.17) is 28.4 Å². The number of allylic oxidation sites excluding steroid dienone is 12. The molecule has 0 heterocycles. The van der Waals surface area contributed by atoms with Crippen molar-refractivity contribution in [3.8, 4) is 54.6 Å². The fourth-order valence-electron chi connectivity index (χ4n) is 9.04. The Kier molecular flexibility index (Phi) is 24.9. The maximum atomic E-state index is 10.2. The van der Waals surface area contributed by atoms with E-state index in [1.165, 1.54) is 0 Å². The van der Waals surface area contributed by atoms with Crippen LogP contribution in [0, 0.1) is 124 Å². The number of aliphatic hydroxyl groups is 1. The summed E-state index contributed by atoms with van der Waals surface area (Å²) in [6.45, 7) is 15.9. The van der Waals surface area contributed by atoms with Gasteiger partial charge in [-0.3, -0.25) is 0 Å². The standard InChI is InChI=1S/C54H68N12O7/c1-51(2)21-42(39(27-55)28-56)45(33-61)48(24-51)64-8-12-68-15-18-71-36-54(7-11-67,37-72-19-16-69-13-9-65-49-25-52(3,4)22-43(46(49)34-62)40(29-57)30-58)38-73-20-17-70-14-10-66-50-26-53(5,6)23-44(47(50)35-63)41(31-59)32-60/h64-67H,7-26,36-38H2,1-6H3. The van der Waals surface area contributed by atoms with Crippen molar-refractivity contribution in [1.29, 1.82) is 47.4 Å². The van der Waals surface area contributed by atoms with Gasteiger partial charge in [0.25, 0.3) is 0 Å². The van der Waals surface area contributed by atoms with Gasteiger partial charge in [0, 0.05) is 65.5 Å². The van der Waals surface area contributed by atoms with Crippen LogP contribution in [0.2, 0.25) is 0 Å². The van der Waals surface area contributed by atoms with Crippen LogP contribution in [0.25, 0.3) is 0 Å². The van der Waals surface area contributed by atoms with Crippen LogP contribution in [-0.2, 0) is 28.4 Å². The SMILES string of the molecule is CC1(C)CC(NCCOCCOCC(CCO)(COCCOCCNC2=C(C#N)C(=C(C#N)C#N)CC(C)(C)C2)COCCOCCNC2=C(C#N)C(=C(C#N)C#N)CC(C)(C)C2)=C(C#N)C(=C(C#N)C#N)C1. The first-order chi connectivity index (χ1) is 35.0. The van der Waals surface area contributed by atoms with Gasteiger partial charge < -0.3 is 49.5 Å². The van der Waals surface area contributed by atoms with E-state index in [1.807, 2.05) is 78.0 Å². The van der Waals surface area contributed by atoms with Gasteiger partial charge in [0.15, 0.2) is 0 Å². The Morgan fingerprint density at radius 2 is 0.685 bits per heavy atom. The Hall–Kier alpha value is -7.03. The molecule has 3 aliphatic rings. The van der Waals surface area contributed by atoms with E-state index >= 15 is 0 Å². The van der Waals surface area contributed by atoms with Gasteiger partial charge in [-0.2, -0.15) is 47.4 Å². The first-order valence-electron chi connectivity index (χ1n) is 24.3. The molecule has 73 heavy (non-hydrogen) atoms. The summed E-state index contributed by atoms with van der Waals surface area (Å²) >= 11 is 0. The van der Waals surface area contributed by atoms with E-state index in [2.05, 4.69) is 34.2 Å². The third-order valence-electron chi connectivity index (χ3n) is 12.4. The van der Waals surface area contributed by atoms with Crippen LogP contribution in [0.4, 0.5) is 0 Å². The first kappa shape index (κ1) is 60.3. The number of hydrogen-bond acceptors (Lipinski definition) is 19. The van der Waals surface area contributed by atoms with Crippen molar-refractivity contribution in [1.82, 2.24) is 16.0 Å². The largest absolute Gasteiger partial charge is 0.396 e. The van der Waals surface area contributed by atoms with E-state index in [1.54, 1.807) is 0 Å². The van der Waals surface area contributed by atoms with Crippen molar-refractivity contribution in [2.45, 2.75) is 86.5 Å². The van der Waals surface area contributed by atoms with Gasteiger partial charge in [0.1, 0.15) is 71.3 Å². The summed E-state index contributed by atoms with van der Waals surface area (Å²) in [4.78, 5) is 0. The summed E-state index contributed by atoms with van der Waals surface area (Å²) in [7, 11) is 0. The lowest BCUT2D eigenvalue weighted by atomic mass is 9.73. The summed E-state index contributed by atoms with van der Waals surface area (Å²) in [5.74, 6) is 0. The Morgan fingerprint density at radius 3 is 0.918 bits per heavy atom. The van der Waals surface area contributed by atoms with Gasteiger partial charge in [0.2, 0.25) is 0 Å². The highest BCUT2D eigenvalue weighted by Crippen LogP contribution is 2.44. The van der Waals surface area contributed by atoms with Crippen LogP contribution in [0.1, 0.15) is 86.5 Å². The van der Waals surface area contributed by atoms with Crippen LogP contribution < -0.4 is 16.0 Å². The van der Waals surface area contributed by atoms with Crippen LogP contribution in [-0.4, -0.2) is 111 Å². The molecule has 0 radical (unpaired) electrons. The summed E-state index contributed by atoms with van der Waals surface area (Å²) < 4.78 is 35.8. The average molecular weight is 997 g/mol. The molecular weight excluding hydrogens is 929 g/mol. The molecule has 0 saturated heterocycles. The van der Waals surface area contributed by atoms with Crippen molar-refractivity contribution in [3.05, 3.63) is 67.2 Å². The number of aliphatic hydroxyl groups excluding tert-OH is 1. The van der Waals surface area contributed by atoms with Crippen LogP contribution in [0.5, 0.6) is 0 Å². The van der Waals surface area contributed by atoms with Gasteiger partial charge in [-0.15, -0.1) is 0 Å². The Bertz CT molecular complexity index is 2230. The highest BCUT2D eigenvalue weighted by Gasteiger charge is 2.36. The van der Waals surface area contributed by atoms with Crippen molar-refractivity contribution >= 4 is 0 Å². The third kappa shape index (κ3) is 18.8. The van der Waals surface area contributed by atoms with E-state index in [0.717, 1.165) is 0 Å². The zero-order valence-corrected chi connectivity index (χ0v) is 43.2. The van der Waals surface area contributed by atoms with E-state index in [0.29, 0.717) is 135 Å². The zero-order valence-electron chi connectivity index (χ0n) is 43.2. The zero-order chi connectivity index (χ0) is 53.9. The number of hydrogen-bond donors (Lipinski definition) is 4. The molecule has 4 N–H and O–H groups in total. The molecule has 0 aromatic heterocycles. The highest BCUT2D eigenvalue weighted by atomic mass is 16.5. The quantitative estimate of drug-likeness (QED) is 0.0489. The number of nitriles is 9. The minimum atomic E-state index is -0.764. The fraction of sp³-hybridized carbons (Fsp3) is 0.611. The molecule has 0 saturated carbocycles. The van der Waals surface area contributed by atoms with Gasteiger partial charge in [0.05, 0.1) is 96.0 Å². The topological polar surface area (TPSA) is 326 Å². The molecule has 0 amide bonds. The minimum absolute atomic E-state index is 0.0614. The molecule has 0 spiro atoms. The molecule has 3 rings (SSSR count). The molecule has 0 aromatic carbocycles. The van der Waals surface area contributed by atoms with Crippen molar-refractivity contribution in [2.24, 2.45) is 21.7 Å². The molecule has 386 valence electrons. The molecular formula is C54H68N12O7. The average Bonchev–Trinajstić information content (AvgIpc) is 3.34. The molecule has 19 heteroatoms. The summed E-state index contributed by atoms with van der Waals surface area (Å²) in [5, 5.41) is 107. The summed E-state index contributed by atoms with van der Waals surface area (Å²) in [6, 6.07) is 18.1. The molecule has 19 nitrogen and oxygen atoms in total. The molecule has 0 unspecified atom stereocenters. The molecule has 0 bridgehead atoms. The fourth-order valence-corrected chi connectivity index (χ4v) is 9.04. The highest BCUT2D eigenvalue weighted by molar-refractivity contribution is 5.59. The second-order valence-electron chi connectivity index (χ2n) is 20.4. The molecule has 0 aliphatic heterocycles. The van der Waals surface area contributed by atoms with Crippen LogP contribution in [0.3, 0.4) is 0 Å². The maximum absolute atomic E-state index is 10.2. The van der Waals surface area contributed by atoms with Gasteiger partial charge in [-0.25, -0.2) is 0 Å². The molecule has 0 atom stereocenters. The van der Waals surface area contributed by atoms with Gasteiger partial charge >= 0.3 is 0 Å². The minimum Gasteiger partial charge on any atom is -0.396 e. The predicted octanol–water partition coefficient (Wildman–Crippen LogP) is 6.05. The Labute approximate surface area is 431 Å². The summed E-state index contributed by atoms with van der Waals surface area (Å²) in [6.07, 6.45) is 3.34. The third-order valence-corrected chi connectivity index (χ3v) is 12.4. The monoisotopic (exact) mass is 997 g/mol. The number of nitrogens with one attached hydrogen (secondary N) is 3. The Morgan fingerprint density at radius 1 is 0.425 bits per heavy atom. The van der Waals surface area contributed by atoms with Crippen molar-refractivity contribution < 1.29 is 33.5 Å². The maximum Gasteiger partial charge on any atom is 0.134 e. The van der Waals surface area contributed by atoms with Crippen molar-refractivity contribution in [3.63, 3.8) is 0 Å². The number of ether oxygens (including phenoxy) is 6. The molecule has 0 fully saturated rings. The first-order valence-corrected chi connectivity index (χ1v) is 24.3. The second-order valence-corrected chi connectivity index (χ2v) is 20.4. The second kappa shape index (κ2) is 30.1. The van der Waals surface area contributed by atoms with Crippen LogP contribution >= 0.6 is 0 Å². The normalized spacial score (nSPS) is 16.8. The van der Waals surface area contributed by atoms with Gasteiger partial charge in [-0.05, 0) is 61.2 Å². The van der Waals surface area contributed by atoms with E-state index < -0.39 is 5.41 Å². The van der Waals surface area contributed by atoms with Crippen LogP contribution in [0.15, 0.2) is 67.2 Å². The number of nitrogens with zero attached hydrogens (tertiary/aromatic N) is 9. The molecule has 0 aromatic rings. The molecule has 3 aliphatic carbocycles. The van der Waals surface area contributed by atoms with Crippen molar-refractivity contribution in [2.75, 3.05) is 106 Å². The lowest BCUT2D eigenvalue weighted by Gasteiger charge is -2.33. The lowest BCUT2D eigenvalue weighted by molar-refractivity contribution is -0.0949. The Balaban J connectivity index is 1.57. The van der Waals surface area contributed by atoms with E-state index in [9.17, 15) is 52.5 Å². The lowest BCUT2D eigenvalue weighted by Crippen LogP contribution is -2.39. The van der Waals surface area contributed by atoms with Gasteiger partial charge in [-0.1, -0.05) is 41.5 Å².